The number of pyridine rings is 1. The van der Waals surface area contributed by atoms with Gasteiger partial charge in [-0.05, 0) is 42.7 Å². The van der Waals surface area contributed by atoms with Crippen molar-refractivity contribution < 1.29 is 9.53 Å². The van der Waals surface area contributed by atoms with E-state index in [2.05, 4.69) is 56.2 Å². The van der Waals surface area contributed by atoms with Crippen LogP contribution in [0, 0.1) is 5.92 Å². The molecule has 166 valence electrons. The molecule has 0 atom stereocenters. The van der Waals surface area contributed by atoms with E-state index in [-0.39, 0.29) is 0 Å². The van der Waals surface area contributed by atoms with Crippen LogP contribution in [-0.4, -0.2) is 73.3 Å². The van der Waals surface area contributed by atoms with Gasteiger partial charge < -0.3 is 24.4 Å². The first-order chi connectivity index (χ1) is 15.8. The first-order valence-corrected chi connectivity index (χ1v) is 11.7. The van der Waals surface area contributed by atoms with E-state index in [1.54, 1.807) is 0 Å². The Morgan fingerprint density at radius 3 is 2.41 bits per heavy atom. The molecule has 1 N–H and O–H groups in total. The van der Waals surface area contributed by atoms with Gasteiger partial charge in [0.2, 0.25) is 5.91 Å². The summed E-state index contributed by atoms with van der Waals surface area (Å²) < 4.78 is 5.46. The van der Waals surface area contributed by atoms with Crippen molar-refractivity contribution in [3.8, 4) is 11.3 Å². The van der Waals surface area contributed by atoms with Crippen molar-refractivity contribution in [1.82, 2.24) is 14.9 Å². The highest BCUT2D eigenvalue weighted by molar-refractivity contribution is 5.94. The molecule has 0 unspecified atom stereocenters. The lowest BCUT2D eigenvalue weighted by Gasteiger charge is -2.36. The van der Waals surface area contributed by atoms with Crippen molar-refractivity contribution in [1.29, 1.82) is 0 Å². The third-order valence-corrected chi connectivity index (χ3v) is 6.92. The van der Waals surface area contributed by atoms with Crippen LogP contribution in [0.2, 0.25) is 0 Å². The first-order valence-electron chi connectivity index (χ1n) is 11.7. The van der Waals surface area contributed by atoms with Crippen molar-refractivity contribution in [3.05, 3.63) is 42.6 Å². The SMILES string of the molecule is O=C(C1CC1)N1CCN(c2ccnc3[nH]c(-c4ccc(N5CCOCC5)cc4)cc23)CC1. The lowest BCUT2D eigenvalue weighted by molar-refractivity contribution is -0.132. The second-order valence-electron chi connectivity index (χ2n) is 9.01. The molecule has 32 heavy (non-hydrogen) atoms. The van der Waals surface area contributed by atoms with E-state index in [1.165, 1.54) is 11.4 Å². The average molecular weight is 432 g/mol. The van der Waals surface area contributed by atoms with Crippen molar-refractivity contribution >= 4 is 28.3 Å². The third-order valence-electron chi connectivity index (χ3n) is 6.92. The molecule has 2 saturated heterocycles. The maximum Gasteiger partial charge on any atom is 0.225 e. The summed E-state index contributed by atoms with van der Waals surface area (Å²) in [6, 6.07) is 13.0. The number of morpholine rings is 1. The van der Waals surface area contributed by atoms with E-state index in [1.807, 2.05) is 11.1 Å². The Morgan fingerprint density at radius 2 is 1.69 bits per heavy atom. The van der Waals surface area contributed by atoms with Crippen molar-refractivity contribution in [3.63, 3.8) is 0 Å². The number of benzene rings is 1. The van der Waals surface area contributed by atoms with Gasteiger partial charge in [0.15, 0.2) is 0 Å². The molecule has 1 aromatic carbocycles. The normalized spacial score (nSPS) is 19.6. The molecule has 2 aliphatic heterocycles. The number of rotatable bonds is 4. The standard InChI is InChI=1S/C25H29N5O2/c31-25(19-1-2-19)30-11-9-29(10-12-30)23-7-8-26-24-21(23)17-22(27-24)18-3-5-20(6-4-18)28-13-15-32-16-14-28/h3-8,17,19H,1-2,9-16H2,(H,26,27). The number of carbonyl (C=O) groups is 1. The molecule has 0 spiro atoms. The third kappa shape index (κ3) is 3.71. The first kappa shape index (κ1) is 19.6. The van der Waals surface area contributed by atoms with Crippen LogP contribution in [0.15, 0.2) is 42.6 Å². The monoisotopic (exact) mass is 431 g/mol. The fourth-order valence-electron chi connectivity index (χ4n) is 4.87. The lowest BCUT2D eigenvalue weighted by Crippen LogP contribution is -2.49. The van der Waals surface area contributed by atoms with Crippen LogP contribution in [-0.2, 0) is 9.53 Å². The highest BCUT2D eigenvalue weighted by atomic mass is 16.5. The quantitative estimate of drug-likeness (QED) is 0.688. The van der Waals surface area contributed by atoms with Crippen molar-refractivity contribution in [2.24, 2.45) is 5.92 Å². The number of carbonyl (C=O) groups excluding carboxylic acids is 1. The van der Waals surface area contributed by atoms with E-state index < -0.39 is 0 Å². The molecule has 4 heterocycles. The summed E-state index contributed by atoms with van der Waals surface area (Å²) in [6.07, 6.45) is 4.02. The summed E-state index contributed by atoms with van der Waals surface area (Å²) in [5.41, 5.74) is 5.58. The number of anilines is 2. The number of piperazine rings is 1. The number of hydrogen-bond donors (Lipinski definition) is 1. The maximum atomic E-state index is 12.4. The van der Waals surface area contributed by atoms with Crippen molar-refractivity contribution in [2.75, 3.05) is 62.3 Å². The van der Waals surface area contributed by atoms with Gasteiger partial charge in [-0.3, -0.25) is 4.79 Å². The molecule has 3 fully saturated rings. The Balaban J connectivity index is 1.21. The number of fused-ring (bicyclic) bond motifs is 1. The average Bonchev–Trinajstić information content (AvgIpc) is 3.62. The Kier molecular flexibility index (Phi) is 4.98. The van der Waals surface area contributed by atoms with Crippen LogP contribution in [0.25, 0.3) is 22.3 Å². The molecule has 0 radical (unpaired) electrons. The summed E-state index contributed by atoms with van der Waals surface area (Å²) in [6.45, 7) is 6.82. The number of aromatic nitrogens is 2. The summed E-state index contributed by atoms with van der Waals surface area (Å²) >= 11 is 0. The number of H-pyrrole nitrogens is 1. The number of aromatic amines is 1. The molecule has 2 aromatic heterocycles. The Morgan fingerprint density at radius 1 is 0.938 bits per heavy atom. The van der Waals surface area contributed by atoms with Gasteiger partial charge in [0.1, 0.15) is 5.65 Å². The molecule has 1 aliphatic carbocycles. The van der Waals surface area contributed by atoms with Crippen LogP contribution in [0.1, 0.15) is 12.8 Å². The molecular weight excluding hydrogens is 402 g/mol. The van der Waals surface area contributed by atoms with Gasteiger partial charge in [0.05, 0.1) is 13.2 Å². The summed E-state index contributed by atoms with van der Waals surface area (Å²) in [5, 5.41) is 1.14. The van der Waals surface area contributed by atoms with E-state index >= 15 is 0 Å². The molecule has 0 bridgehead atoms. The largest absolute Gasteiger partial charge is 0.378 e. The number of hydrogen-bond acceptors (Lipinski definition) is 5. The van der Waals surface area contributed by atoms with Crippen LogP contribution in [0.5, 0.6) is 0 Å². The minimum Gasteiger partial charge on any atom is -0.378 e. The molecule has 1 saturated carbocycles. The number of nitrogens with one attached hydrogen (secondary N) is 1. The molecule has 3 aliphatic rings. The van der Waals surface area contributed by atoms with Crippen LogP contribution in [0.4, 0.5) is 11.4 Å². The fourth-order valence-corrected chi connectivity index (χ4v) is 4.87. The fraction of sp³-hybridized carbons (Fsp3) is 0.440. The predicted octanol–water partition coefficient (Wildman–Crippen LogP) is 3.13. The summed E-state index contributed by atoms with van der Waals surface area (Å²) in [5.74, 6) is 0.657. The van der Waals surface area contributed by atoms with Gasteiger partial charge in [-0.1, -0.05) is 12.1 Å². The number of nitrogens with zero attached hydrogens (tertiary/aromatic N) is 4. The van der Waals surface area contributed by atoms with Gasteiger partial charge in [-0.25, -0.2) is 4.98 Å². The second-order valence-corrected chi connectivity index (χ2v) is 9.01. The lowest BCUT2D eigenvalue weighted by atomic mass is 10.1. The zero-order chi connectivity index (χ0) is 21.5. The van der Waals surface area contributed by atoms with Crippen LogP contribution >= 0.6 is 0 Å². The molecule has 7 nitrogen and oxygen atoms in total. The maximum absolute atomic E-state index is 12.4. The minimum atomic E-state index is 0.302. The Labute approximate surface area is 188 Å². The van der Waals surface area contributed by atoms with E-state index in [0.717, 1.165) is 87.6 Å². The number of ether oxygens (including phenoxy) is 1. The van der Waals surface area contributed by atoms with E-state index in [0.29, 0.717) is 11.8 Å². The zero-order valence-corrected chi connectivity index (χ0v) is 18.3. The van der Waals surface area contributed by atoms with E-state index in [9.17, 15) is 4.79 Å². The van der Waals surface area contributed by atoms with E-state index in [4.69, 9.17) is 4.74 Å². The van der Waals surface area contributed by atoms with Crippen LogP contribution < -0.4 is 9.80 Å². The van der Waals surface area contributed by atoms with Gasteiger partial charge >= 0.3 is 0 Å². The highest BCUT2D eigenvalue weighted by Crippen LogP contribution is 2.33. The van der Waals surface area contributed by atoms with Crippen LogP contribution in [0.3, 0.4) is 0 Å². The molecule has 7 heteroatoms. The molecule has 3 aromatic rings. The molecular formula is C25H29N5O2. The minimum absolute atomic E-state index is 0.302. The number of amides is 1. The van der Waals surface area contributed by atoms with Gasteiger partial charge in [0, 0.05) is 73.8 Å². The highest BCUT2D eigenvalue weighted by Gasteiger charge is 2.34. The van der Waals surface area contributed by atoms with Gasteiger partial charge in [-0.15, -0.1) is 0 Å². The predicted molar refractivity (Wildman–Crippen MR) is 126 cm³/mol. The molecule has 1 amide bonds. The topological polar surface area (TPSA) is 64.7 Å². The second kappa shape index (κ2) is 8.13. The molecule has 6 rings (SSSR count). The zero-order valence-electron chi connectivity index (χ0n) is 18.3. The summed E-state index contributed by atoms with van der Waals surface area (Å²) in [4.78, 5) is 27.3. The Hall–Kier alpha value is -3.06. The Bertz CT molecular complexity index is 1110. The summed E-state index contributed by atoms with van der Waals surface area (Å²) in [7, 11) is 0. The smallest absolute Gasteiger partial charge is 0.225 e. The van der Waals surface area contributed by atoms with Gasteiger partial charge in [-0.2, -0.15) is 0 Å². The van der Waals surface area contributed by atoms with Gasteiger partial charge in [0.25, 0.3) is 0 Å². The van der Waals surface area contributed by atoms with Crippen molar-refractivity contribution in [2.45, 2.75) is 12.8 Å².